The summed E-state index contributed by atoms with van der Waals surface area (Å²) >= 11 is 0. The molecule has 1 amide bonds. The summed E-state index contributed by atoms with van der Waals surface area (Å²) in [4.78, 5) is 25.4. The van der Waals surface area contributed by atoms with Crippen molar-refractivity contribution in [2.45, 2.75) is 12.5 Å². The maximum Gasteiger partial charge on any atom is 0.243 e. The van der Waals surface area contributed by atoms with Crippen LogP contribution in [0.2, 0.25) is 0 Å². The lowest BCUT2D eigenvalue weighted by Crippen LogP contribution is -2.58. The standard InChI is InChI=1S/C12H11FN2O2/c13-7-1-2-8-9(5-7)15-4-3-14-12(17)10(15)6-11(8)16/h1-2,5,10H,3-4,6H2,(H,14,17). The fourth-order valence-electron chi connectivity index (χ4n) is 2.47. The SMILES string of the molecule is O=C1CC2C(=O)NCCN2c2cc(F)ccc21. The number of carbonyl (C=O) groups is 2. The van der Waals surface area contributed by atoms with Crippen molar-refractivity contribution >= 4 is 17.4 Å². The Bertz CT molecular complexity index is 515. The molecule has 0 saturated carbocycles. The van der Waals surface area contributed by atoms with Crippen LogP contribution in [0.1, 0.15) is 16.8 Å². The van der Waals surface area contributed by atoms with Crippen molar-refractivity contribution in [2.75, 3.05) is 18.0 Å². The Hall–Kier alpha value is -1.91. The van der Waals surface area contributed by atoms with E-state index in [2.05, 4.69) is 5.32 Å². The number of carbonyl (C=O) groups excluding carboxylic acids is 2. The van der Waals surface area contributed by atoms with E-state index in [0.29, 0.717) is 24.3 Å². The van der Waals surface area contributed by atoms with Gasteiger partial charge in [0.1, 0.15) is 11.9 Å². The molecule has 4 nitrogen and oxygen atoms in total. The molecule has 3 rings (SSSR count). The molecule has 1 unspecified atom stereocenters. The zero-order chi connectivity index (χ0) is 12.0. The Balaban J connectivity index is 2.12. The first-order chi connectivity index (χ1) is 8.16. The van der Waals surface area contributed by atoms with E-state index < -0.39 is 6.04 Å². The van der Waals surface area contributed by atoms with E-state index in [1.54, 1.807) is 0 Å². The number of amides is 1. The smallest absolute Gasteiger partial charge is 0.243 e. The first-order valence-corrected chi connectivity index (χ1v) is 5.54. The van der Waals surface area contributed by atoms with Gasteiger partial charge in [-0.25, -0.2) is 4.39 Å². The molecule has 88 valence electrons. The molecule has 1 N–H and O–H groups in total. The van der Waals surface area contributed by atoms with Crippen molar-refractivity contribution in [1.29, 1.82) is 0 Å². The molecule has 1 fully saturated rings. The fraction of sp³-hybridized carbons (Fsp3) is 0.333. The Labute approximate surface area is 97.4 Å². The Morgan fingerprint density at radius 1 is 1.35 bits per heavy atom. The van der Waals surface area contributed by atoms with Gasteiger partial charge >= 0.3 is 0 Å². The number of fused-ring (bicyclic) bond motifs is 3. The first kappa shape index (κ1) is 10.3. The van der Waals surface area contributed by atoms with Gasteiger partial charge in [0.2, 0.25) is 5.91 Å². The largest absolute Gasteiger partial charge is 0.357 e. The van der Waals surface area contributed by atoms with Crippen LogP contribution in [0.4, 0.5) is 10.1 Å². The number of anilines is 1. The number of nitrogens with one attached hydrogen (secondary N) is 1. The summed E-state index contributed by atoms with van der Waals surface area (Å²) in [7, 11) is 0. The maximum atomic E-state index is 13.2. The van der Waals surface area contributed by atoms with Crippen molar-refractivity contribution in [3.8, 4) is 0 Å². The fourth-order valence-corrected chi connectivity index (χ4v) is 2.47. The quantitative estimate of drug-likeness (QED) is 0.719. The lowest BCUT2D eigenvalue weighted by Gasteiger charge is -2.40. The molecule has 0 radical (unpaired) electrons. The predicted octanol–water partition coefficient (Wildman–Crippen LogP) is 0.717. The molecule has 1 aromatic rings. The number of Topliss-reactive ketones (excluding diaryl/α,β-unsaturated/α-hetero) is 1. The zero-order valence-corrected chi connectivity index (χ0v) is 9.07. The van der Waals surface area contributed by atoms with Gasteiger partial charge in [-0.1, -0.05) is 0 Å². The molecule has 17 heavy (non-hydrogen) atoms. The number of rotatable bonds is 0. The summed E-state index contributed by atoms with van der Waals surface area (Å²) in [6, 6.07) is 3.62. The molecule has 1 atom stereocenters. The van der Waals surface area contributed by atoms with Crippen molar-refractivity contribution < 1.29 is 14.0 Å². The van der Waals surface area contributed by atoms with Gasteiger partial charge in [0.25, 0.3) is 0 Å². The molecule has 0 aliphatic carbocycles. The molecule has 0 bridgehead atoms. The van der Waals surface area contributed by atoms with Gasteiger partial charge in [-0.2, -0.15) is 0 Å². The van der Waals surface area contributed by atoms with Crippen molar-refractivity contribution in [1.82, 2.24) is 5.32 Å². The van der Waals surface area contributed by atoms with Gasteiger partial charge in [-0.05, 0) is 18.2 Å². The average molecular weight is 234 g/mol. The lowest BCUT2D eigenvalue weighted by molar-refractivity contribution is -0.123. The molecular formula is C12H11FN2O2. The number of ketones is 1. The minimum absolute atomic E-state index is 0.0988. The summed E-state index contributed by atoms with van der Waals surface area (Å²) in [6.07, 6.45) is 0.171. The molecule has 2 aliphatic rings. The van der Waals surface area contributed by atoms with Crippen LogP contribution in [0.3, 0.4) is 0 Å². The number of piperazine rings is 1. The van der Waals surface area contributed by atoms with Gasteiger partial charge < -0.3 is 10.2 Å². The van der Waals surface area contributed by atoms with Crippen LogP contribution >= 0.6 is 0 Å². The summed E-state index contributed by atoms with van der Waals surface area (Å²) < 4.78 is 13.2. The second kappa shape index (κ2) is 3.55. The van der Waals surface area contributed by atoms with Crippen LogP contribution in [-0.4, -0.2) is 30.8 Å². The van der Waals surface area contributed by atoms with Crippen LogP contribution in [-0.2, 0) is 4.79 Å². The number of halogens is 1. The highest BCUT2D eigenvalue weighted by molar-refractivity contribution is 6.08. The molecule has 1 aromatic carbocycles. The van der Waals surface area contributed by atoms with E-state index in [1.165, 1.54) is 18.2 Å². The van der Waals surface area contributed by atoms with Gasteiger partial charge in [0.05, 0.1) is 5.69 Å². The van der Waals surface area contributed by atoms with Crippen molar-refractivity contribution in [3.05, 3.63) is 29.6 Å². The zero-order valence-electron chi connectivity index (χ0n) is 9.07. The highest BCUT2D eigenvalue weighted by atomic mass is 19.1. The number of hydrogen-bond acceptors (Lipinski definition) is 3. The number of hydrogen-bond donors (Lipinski definition) is 1. The predicted molar refractivity (Wildman–Crippen MR) is 59.5 cm³/mol. The first-order valence-electron chi connectivity index (χ1n) is 5.54. The Morgan fingerprint density at radius 2 is 2.18 bits per heavy atom. The monoisotopic (exact) mass is 234 g/mol. The van der Waals surface area contributed by atoms with Crippen LogP contribution in [0.15, 0.2) is 18.2 Å². The van der Waals surface area contributed by atoms with Gasteiger partial charge in [-0.15, -0.1) is 0 Å². The van der Waals surface area contributed by atoms with Crippen LogP contribution < -0.4 is 10.2 Å². The maximum absolute atomic E-state index is 13.2. The molecule has 2 aliphatic heterocycles. The third-order valence-corrected chi connectivity index (χ3v) is 3.28. The Morgan fingerprint density at radius 3 is 3.00 bits per heavy atom. The van der Waals surface area contributed by atoms with Crippen LogP contribution in [0, 0.1) is 5.82 Å². The van der Waals surface area contributed by atoms with Gasteiger partial charge in [0, 0.05) is 25.1 Å². The third-order valence-electron chi connectivity index (χ3n) is 3.28. The highest BCUT2D eigenvalue weighted by Crippen LogP contribution is 2.32. The lowest BCUT2D eigenvalue weighted by atomic mass is 9.93. The number of benzene rings is 1. The molecule has 2 heterocycles. The second-order valence-electron chi connectivity index (χ2n) is 4.29. The molecule has 5 heteroatoms. The van der Waals surface area contributed by atoms with Gasteiger partial charge in [0.15, 0.2) is 5.78 Å². The molecule has 1 saturated heterocycles. The van der Waals surface area contributed by atoms with E-state index in [4.69, 9.17) is 0 Å². The summed E-state index contributed by atoms with van der Waals surface area (Å²) in [5.41, 5.74) is 1.05. The van der Waals surface area contributed by atoms with Crippen molar-refractivity contribution in [3.63, 3.8) is 0 Å². The van der Waals surface area contributed by atoms with E-state index in [-0.39, 0.29) is 23.9 Å². The average Bonchev–Trinajstić information content (AvgIpc) is 2.31. The normalized spacial score (nSPS) is 22.9. The highest BCUT2D eigenvalue weighted by Gasteiger charge is 2.37. The third kappa shape index (κ3) is 1.50. The van der Waals surface area contributed by atoms with Crippen LogP contribution in [0.25, 0.3) is 0 Å². The van der Waals surface area contributed by atoms with E-state index in [0.717, 1.165) is 0 Å². The minimum atomic E-state index is -0.481. The summed E-state index contributed by atoms with van der Waals surface area (Å²) in [6.45, 7) is 1.14. The molecular weight excluding hydrogens is 223 g/mol. The summed E-state index contributed by atoms with van der Waals surface area (Å²) in [5.74, 6) is -0.638. The number of nitrogens with zero attached hydrogens (tertiary/aromatic N) is 1. The summed E-state index contributed by atoms with van der Waals surface area (Å²) in [5, 5.41) is 2.72. The van der Waals surface area contributed by atoms with E-state index in [9.17, 15) is 14.0 Å². The van der Waals surface area contributed by atoms with E-state index >= 15 is 0 Å². The second-order valence-corrected chi connectivity index (χ2v) is 4.29. The van der Waals surface area contributed by atoms with Gasteiger partial charge in [-0.3, -0.25) is 9.59 Å². The minimum Gasteiger partial charge on any atom is -0.357 e. The van der Waals surface area contributed by atoms with E-state index in [1.807, 2.05) is 4.90 Å². The van der Waals surface area contributed by atoms with Crippen LogP contribution in [0.5, 0.6) is 0 Å². The Kier molecular flexibility index (Phi) is 2.14. The van der Waals surface area contributed by atoms with Crippen molar-refractivity contribution in [2.24, 2.45) is 0 Å². The topological polar surface area (TPSA) is 49.4 Å². The molecule has 0 spiro atoms. The molecule has 0 aromatic heterocycles.